The molecule has 0 amide bonds. The Kier molecular flexibility index (Phi) is 5.77. The molecular formula is C13H15ClO2. The molecular weight excluding hydrogens is 224 g/mol. The first-order chi connectivity index (χ1) is 7.77. The molecule has 1 aromatic carbocycles. The van der Waals surface area contributed by atoms with E-state index in [1.165, 1.54) is 0 Å². The molecule has 0 N–H and O–H groups in total. The van der Waals surface area contributed by atoms with Gasteiger partial charge in [-0.1, -0.05) is 11.8 Å². The zero-order valence-electron chi connectivity index (χ0n) is 9.55. The van der Waals surface area contributed by atoms with Crippen LogP contribution in [0.4, 0.5) is 0 Å². The molecule has 0 unspecified atom stereocenters. The van der Waals surface area contributed by atoms with Crippen molar-refractivity contribution in [2.24, 2.45) is 0 Å². The molecule has 1 aromatic rings. The summed E-state index contributed by atoms with van der Waals surface area (Å²) in [6.07, 6.45) is 0. The van der Waals surface area contributed by atoms with E-state index in [1.54, 1.807) is 0 Å². The molecule has 0 aliphatic carbocycles. The van der Waals surface area contributed by atoms with Crippen LogP contribution in [0.25, 0.3) is 0 Å². The predicted octanol–water partition coefficient (Wildman–Crippen LogP) is 2.96. The van der Waals surface area contributed by atoms with E-state index in [-0.39, 0.29) is 6.79 Å². The Morgan fingerprint density at radius 3 is 2.81 bits per heavy atom. The molecule has 1 rings (SSSR count). The fourth-order valence-corrected chi connectivity index (χ4v) is 1.25. The number of ether oxygens (including phenoxy) is 2. The fourth-order valence-electron chi connectivity index (χ4n) is 1.19. The fraction of sp³-hybridized carbons (Fsp3) is 0.385. The van der Waals surface area contributed by atoms with Gasteiger partial charge in [0.2, 0.25) is 0 Å². The highest BCUT2D eigenvalue weighted by atomic mass is 35.5. The lowest BCUT2D eigenvalue weighted by Crippen LogP contribution is -2.02. The molecule has 0 bridgehead atoms. The van der Waals surface area contributed by atoms with Crippen LogP contribution in [-0.4, -0.2) is 19.3 Å². The Bertz CT molecular complexity index is 391. The van der Waals surface area contributed by atoms with Gasteiger partial charge in [-0.15, -0.1) is 11.6 Å². The molecule has 0 aromatic heterocycles. The topological polar surface area (TPSA) is 18.5 Å². The Morgan fingerprint density at radius 2 is 2.19 bits per heavy atom. The lowest BCUT2D eigenvalue weighted by Gasteiger charge is -2.07. The standard InChI is InChI=1S/C13H15ClO2/c1-3-15-10-16-13-7-6-12(5-4-8-14)11(2)9-13/h6-7,9H,3,8,10H2,1-2H3. The molecule has 3 heteroatoms. The Labute approximate surface area is 102 Å². The quantitative estimate of drug-likeness (QED) is 0.348. The van der Waals surface area contributed by atoms with Gasteiger partial charge >= 0.3 is 0 Å². The van der Waals surface area contributed by atoms with Gasteiger partial charge in [-0.3, -0.25) is 0 Å². The third-order valence-electron chi connectivity index (χ3n) is 2.00. The van der Waals surface area contributed by atoms with Crippen molar-refractivity contribution in [3.8, 4) is 17.6 Å². The molecule has 0 heterocycles. The van der Waals surface area contributed by atoms with Gasteiger partial charge in [0, 0.05) is 12.2 Å². The first-order valence-electron chi connectivity index (χ1n) is 5.14. The van der Waals surface area contributed by atoms with Gasteiger partial charge in [0.25, 0.3) is 0 Å². The van der Waals surface area contributed by atoms with Gasteiger partial charge in [-0.25, -0.2) is 0 Å². The second-order valence-corrected chi connectivity index (χ2v) is 3.43. The third kappa shape index (κ3) is 4.14. The summed E-state index contributed by atoms with van der Waals surface area (Å²) >= 11 is 5.50. The van der Waals surface area contributed by atoms with Crippen LogP contribution in [-0.2, 0) is 4.74 Å². The minimum atomic E-state index is 0.280. The van der Waals surface area contributed by atoms with Gasteiger partial charge in [0.05, 0.1) is 5.88 Å². The normalized spacial score (nSPS) is 9.44. The number of benzene rings is 1. The van der Waals surface area contributed by atoms with E-state index in [9.17, 15) is 0 Å². The van der Waals surface area contributed by atoms with Crippen LogP contribution in [0.15, 0.2) is 18.2 Å². The summed E-state index contributed by atoms with van der Waals surface area (Å²) in [7, 11) is 0. The van der Waals surface area contributed by atoms with Gasteiger partial charge in [-0.2, -0.15) is 0 Å². The average Bonchev–Trinajstić information content (AvgIpc) is 2.28. The third-order valence-corrected chi connectivity index (χ3v) is 2.13. The maximum atomic E-state index is 5.50. The van der Waals surface area contributed by atoms with E-state index in [0.29, 0.717) is 12.5 Å². The predicted molar refractivity (Wildman–Crippen MR) is 65.9 cm³/mol. The van der Waals surface area contributed by atoms with Crippen molar-refractivity contribution in [2.75, 3.05) is 19.3 Å². The molecule has 0 atom stereocenters. The number of alkyl halides is 1. The van der Waals surface area contributed by atoms with Crippen molar-refractivity contribution < 1.29 is 9.47 Å². The number of halogens is 1. The summed E-state index contributed by atoms with van der Waals surface area (Å²) < 4.78 is 10.5. The van der Waals surface area contributed by atoms with E-state index in [1.807, 2.05) is 32.0 Å². The van der Waals surface area contributed by atoms with E-state index >= 15 is 0 Å². The second-order valence-electron chi connectivity index (χ2n) is 3.17. The van der Waals surface area contributed by atoms with Crippen LogP contribution in [0.3, 0.4) is 0 Å². The lowest BCUT2D eigenvalue weighted by atomic mass is 10.1. The summed E-state index contributed by atoms with van der Waals surface area (Å²) in [4.78, 5) is 0. The van der Waals surface area contributed by atoms with Crippen LogP contribution in [0.2, 0.25) is 0 Å². The molecule has 16 heavy (non-hydrogen) atoms. The monoisotopic (exact) mass is 238 g/mol. The molecule has 0 radical (unpaired) electrons. The van der Waals surface area contributed by atoms with E-state index in [2.05, 4.69) is 11.8 Å². The van der Waals surface area contributed by atoms with E-state index in [0.717, 1.165) is 16.9 Å². The Hall–Kier alpha value is -1.17. The minimum Gasteiger partial charge on any atom is -0.468 e. The van der Waals surface area contributed by atoms with Crippen LogP contribution < -0.4 is 4.74 Å². The zero-order valence-corrected chi connectivity index (χ0v) is 10.3. The van der Waals surface area contributed by atoms with Crippen molar-refractivity contribution in [1.29, 1.82) is 0 Å². The molecule has 2 nitrogen and oxygen atoms in total. The smallest absolute Gasteiger partial charge is 0.189 e. The molecule has 0 saturated heterocycles. The summed E-state index contributed by atoms with van der Waals surface area (Å²) in [5.74, 6) is 6.96. The van der Waals surface area contributed by atoms with E-state index in [4.69, 9.17) is 21.1 Å². The van der Waals surface area contributed by atoms with E-state index < -0.39 is 0 Å². The molecule has 0 spiro atoms. The van der Waals surface area contributed by atoms with Crippen molar-refractivity contribution in [3.05, 3.63) is 29.3 Å². The van der Waals surface area contributed by atoms with Gasteiger partial charge in [0.1, 0.15) is 5.75 Å². The van der Waals surface area contributed by atoms with Crippen LogP contribution in [0, 0.1) is 18.8 Å². The van der Waals surface area contributed by atoms with Crippen LogP contribution >= 0.6 is 11.6 Å². The Balaban J connectivity index is 2.67. The van der Waals surface area contributed by atoms with Crippen molar-refractivity contribution in [3.63, 3.8) is 0 Å². The van der Waals surface area contributed by atoms with Gasteiger partial charge in [0.15, 0.2) is 6.79 Å². The largest absolute Gasteiger partial charge is 0.468 e. The van der Waals surface area contributed by atoms with Crippen molar-refractivity contribution >= 4 is 11.6 Å². The maximum absolute atomic E-state index is 5.50. The summed E-state index contributed by atoms with van der Waals surface area (Å²) in [6, 6.07) is 5.75. The number of aryl methyl sites for hydroxylation is 1. The first kappa shape index (κ1) is 12.9. The van der Waals surface area contributed by atoms with Crippen molar-refractivity contribution in [1.82, 2.24) is 0 Å². The van der Waals surface area contributed by atoms with Crippen molar-refractivity contribution in [2.45, 2.75) is 13.8 Å². The molecule has 0 aliphatic rings. The maximum Gasteiger partial charge on any atom is 0.189 e. The number of rotatable bonds is 4. The second kappa shape index (κ2) is 7.16. The summed E-state index contributed by atoms with van der Waals surface area (Å²) in [5, 5.41) is 0. The summed E-state index contributed by atoms with van der Waals surface area (Å²) in [6.45, 7) is 4.85. The lowest BCUT2D eigenvalue weighted by molar-refractivity contribution is 0.0224. The van der Waals surface area contributed by atoms with Gasteiger partial charge in [-0.05, 0) is 37.6 Å². The highest BCUT2D eigenvalue weighted by Crippen LogP contribution is 2.16. The van der Waals surface area contributed by atoms with Crippen LogP contribution in [0.5, 0.6) is 5.75 Å². The van der Waals surface area contributed by atoms with Gasteiger partial charge < -0.3 is 9.47 Å². The molecule has 86 valence electrons. The number of hydrogen-bond donors (Lipinski definition) is 0. The first-order valence-corrected chi connectivity index (χ1v) is 5.67. The highest BCUT2D eigenvalue weighted by molar-refractivity contribution is 6.19. The molecule has 0 aliphatic heterocycles. The van der Waals surface area contributed by atoms with Crippen LogP contribution in [0.1, 0.15) is 18.1 Å². The highest BCUT2D eigenvalue weighted by Gasteiger charge is 1.98. The summed E-state index contributed by atoms with van der Waals surface area (Å²) in [5.41, 5.74) is 2.05. The molecule has 0 saturated carbocycles. The average molecular weight is 239 g/mol. The minimum absolute atomic E-state index is 0.280. The SMILES string of the molecule is CCOCOc1ccc(C#CCCl)c(C)c1. The number of hydrogen-bond acceptors (Lipinski definition) is 2. The zero-order chi connectivity index (χ0) is 11.8. The Morgan fingerprint density at radius 1 is 1.38 bits per heavy atom. The molecule has 0 fully saturated rings.